The molecule has 0 saturated heterocycles. The Bertz CT molecular complexity index is 133. The smallest absolute Gasteiger partial charge is 0.00127 e. The van der Waals surface area contributed by atoms with Crippen LogP contribution in [0.3, 0.4) is 0 Å². The van der Waals surface area contributed by atoms with Crippen molar-refractivity contribution in [1.82, 2.24) is 10.2 Å². The van der Waals surface area contributed by atoms with E-state index in [4.69, 9.17) is 0 Å². The predicted molar refractivity (Wildman–Crippen MR) is 69.2 cm³/mol. The van der Waals surface area contributed by atoms with Gasteiger partial charge in [-0.15, -0.1) is 0 Å². The van der Waals surface area contributed by atoms with E-state index in [2.05, 4.69) is 52.0 Å². The van der Waals surface area contributed by atoms with Crippen LogP contribution in [0.4, 0.5) is 0 Å². The highest BCUT2D eigenvalue weighted by atomic mass is 15.1. The van der Waals surface area contributed by atoms with E-state index in [1.807, 2.05) is 0 Å². The number of rotatable bonds is 8. The summed E-state index contributed by atoms with van der Waals surface area (Å²) in [4.78, 5) is 2.24. The standard InChI is InChI=1S/C13H30N2/c1-11(2)13(12(3)4)10-14-8-7-9-15(5)6/h11-14H,7-10H2,1-6H3. The number of hydrogen-bond donors (Lipinski definition) is 1. The van der Waals surface area contributed by atoms with Gasteiger partial charge in [0.25, 0.3) is 0 Å². The minimum atomic E-state index is 0.784. The van der Waals surface area contributed by atoms with Crippen LogP contribution in [0.15, 0.2) is 0 Å². The van der Waals surface area contributed by atoms with Gasteiger partial charge in [-0.25, -0.2) is 0 Å². The van der Waals surface area contributed by atoms with E-state index in [-0.39, 0.29) is 0 Å². The van der Waals surface area contributed by atoms with Gasteiger partial charge in [-0.05, 0) is 57.9 Å². The zero-order chi connectivity index (χ0) is 11.8. The van der Waals surface area contributed by atoms with Crippen molar-refractivity contribution in [2.24, 2.45) is 17.8 Å². The molecule has 0 fully saturated rings. The summed E-state index contributed by atoms with van der Waals surface area (Å²) < 4.78 is 0. The summed E-state index contributed by atoms with van der Waals surface area (Å²) in [7, 11) is 4.26. The molecule has 0 amide bonds. The van der Waals surface area contributed by atoms with Gasteiger partial charge in [-0.2, -0.15) is 0 Å². The first-order valence-electron chi connectivity index (χ1n) is 6.30. The van der Waals surface area contributed by atoms with Crippen molar-refractivity contribution in [3.8, 4) is 0 Å². The highest BCUT2D eigenvalue weighted by Crippen LogP contribution is 2.19. The van der Waals surface area contributed by atoms with Gasteiger partial charge in [-0.3, -0.25) is 0 Å². The molecule has 0 radical (unpaired) electrons. The molecule has 0 aliphatic carbocycles. The molecule has 0 aliphatic heterocycles. The van der Waals surface area contributed by atoms with E-state index in [9.17, 15) is 0 Å². The SMILES string of the molecule is CC(C)C(CNCCCN(C)C)C(C)C. The monoisotopic (exact) mass is 214 g/mol. The van der Waals surface area contributed by atoms with Crippen LogP contribution in [-0.2, 0) is 0 Å². The summed E-state index contributed by atoms with van der Waals surface area (Å²) in [6.45, 7) is 12.8. The lowest BCUT2D eigenvalue weighted by Gasteiger charge is -2.25. The Morgan fingerprint density at radius 1 is 1.00 bits per heavy atom. The van der Waals surface area contributed by atoms with Gasteiger partial charge in [0.2, 0.25) is 0 Å². The summed E-state index contributed by atoms with van der Waals surface area (Å²) in [6, 6.07) is 0. The molecular weight excluding hydrogens is 184 g/mol. The second-order valence-corrected chi connectivity index (χ2v) is 5.51. The quantitative estimate of drug-likeness (QED) is 0.624. The lowest BCUT2D eigenvalue weighted by Crippen LogP contribution is -2.31. The van der Waals surface area contributed by atoms with Crippen LogP contribution < -0.4 is 5.32 Å². The molecule has 0 unspecified atom stereocenters. The van der Waals surface area contributed by atoms with Gasteiger partial charge in [0.1, 0.15) is 0 Å². The normalized spacial score (nSPS) is 12.4. The largest absolute Gasteiger partial charge is 0.316 e. The molecule has 0 bridgehead atoms. The van der Waals surface area contributed by atoms with E-state index >= 15 is 0 Å². The van der Waals surface area contributed by atoms with Crippen molar-refractivity contribution in [1.29, 1.82) is 0 Å². The first kappa shape index (κ1) is 14.9. The van der Waals surface area contributed by atoms with E-state index in [0.29, 0.717) is 0 Å². The third-order valence-corrected chi connectivity index (χ3v) is 3.05. The molecule has 0 saturated carbocycles. The molecule has 1 N–H and O–H groups in total. The van der Waals surface area contributed by atoms with Crippen molar-refractivity contribution in [3.05, 3.63) is 0 Å². The van der Waals surface area contributed by atoms with Gasteiger partial charge < -0.3 is 10.2 Å². The fourth-order valence-corrected chi connectivity index (χ4v) is 2.03. The average molecular weight is 214 g/mol. The lowest BCUT2D eigenvalue weighted by molar-refractivity contribution is 0.274. The van der Waals surface area contributed by atoms with E-state index < -0.39 is 0 Å². The van der Waals surface area contributed by atoms with Crippen molar-refractivity contribution in [2.75, 3.05) is 33.7 Å². The summed E-state index contributed by atoms with van der Waals surface area (Å²) in [6.07, 6.45) is 1.25. The number of nitrogens with zero attached hydrogens (tertiary/aromatic N) is 1. The van der Waals surface area contributed by atoms with Crippen LogP contribution in [0.25, 0.3) is 0 Å². The first-order chi connectivity index (χ1) is 6.95. The Morgan fingerprint density at radius 2 is 1.53 bits per heavy atom. The summed E-state index contributed by atoms with van der Waals surface area (Å²) in [5.41, 5.74) is 0. The molecule has 92 valence electrons. The molecule has 0 aromatic heterocycles. The third-order valence-electron chi connectivity index (χ3n) is 3.05. The zero-order valence-corrected chi connectivity index (χ0v) is 11.5. The minimum Gasteiger partial charge on any atom is -0.316 e. The molecule has 0 heterocycles. The Hall–Kier alpha value is -0.0800. The topological polar surface area (TPSA) is 15.3 Å². The molecule has 0 aliphatic rings. The molecule has 2 heteroatoms. The summed E-state index contributed by atoms with van der Waals surface area (Å²) in [5.74, 6) is 2.38. The van der Waals surface area contributed by atoms with E-state index in [1.54, 1.807) is 0 Å². The number of nitrogens with one attached hydrogen (secondary N) is 1. The van der Waals surface area contributed by atoms with Gasteiger partial charge in [0.05, 0.1) is 0 Å². The Kier molecular flexibility index (Phi) is 8.07. The van der Waals surface area contributed by atoms with Crippen molar-refractivity contribution >= 4 is 0 Å². The third kappa shape index (κ3) is 7.80. The molecule has 0 atom stereocenters. The molecular formula is C13H30N2. The highest BCUT2D eigenvalue weighted by Gasteiger charge is 2.16. The highest BCUT2D eigenvalue weighted by molar-refractivity contribution is 4.69. The van der Waals surface area contributed by atoms with Gasteiger partial charge in [0.15, 0.2) is 0 Å². The lowest BCUT2D eigenvalue weighted by atomic mass is 9.85. The van der Waals surface area contributed by atoms with E-state index in [0.717, 1.165) is 24.3 Å². The van der Waals surface area contributed by atoms with Crippen LogP contribution in [0.5, 0.6) is 0 Å². The van der Waals surface area contributed by atoms with Crippen molar-refractivity contribution in [3.63, 3.8) is 0 Å². The second kappa shape index (κ2) is 8.12. The molecule has 2 nitrogen and oxygen atoms in total. The number of hydrogen-bond acceptors (Lipinski definition) is 2. The summed E-state index contributed by atoms with van der Waals surface area (Å²) in [5, 5.41) is 3.58. The fraction of sp³-hybridized carbons (Fsp3) is 1.00. The second-order valence-electron chi connectivity index (χ2n) is 5.51. The molecule has 0 aromatic carbocycles. The Balaban J connectivity index is 3.55. The predicted octanol–water partition coefficient (Wildman–Crippen LogP) is 2.46. The maximum Gasteiger partial charge on any atom is -0.00127 e. The Morgan fingerprint density at radius 3 is 1.93 bits per heavy atom. The van der Waals surface area contributed by atoms with Crippen LogP contribution in [0.1, 0.15) is 34.1 Å². The van der Waals surface area contributed by atoms with Crippen LogP contribution in [0.2, 0.25) is 0 Å². The minimum absolute atomic E-state index is 0.784. The van der Waals surface area contributed by atoms with Gasteiger partial charge in [0, 0.05) is 0 Å². The van der Waals surface area contributed by atoms with Crippen LogP contribution >= 0.6 is 0 Å². The van der Waals surface area contributed by atoms with Gasteiger partial charge >= 0.3 is 0 Å². The van der Waals surface area contributed by atoms with Crippen molar-refractivity contribution in [2.45, 2.75) is 34.1 Å². The molecule has 0 rings (SSSR count). The van der Waals surface area contributed by atoms with Crippen molar-refractivity contribution < 1.29 is 0 Å². The van der Waals surface area contributed by atoms with E-state index in [1.165, 1.54) is 19.5 Å². The maximum absolute atomic E-state index is 3.58. The molecule has 15 heavy (non-hydrogen) atoms. The first-order valence-corrected chi connectivity index (χ1v) is 6.30. The average Bonchev–Trinajstić information content (AvgIpc) is 2.08. The summed E-state index contributed by atoms with van der Waals surface area (Å²) >= 11 is 0. The Labute approximate surface area is 96.4 Å². The van der Waals surface area contributed by atoms with Gasteiger partial charge in [-0.1, -0.05) is 27.7 Å². The van der Waals surface area contributed by atoms with Crippen LogP contribution in [-0.4, -0.2) is 38.6 Å². The molecule has 0 aromatic rings. The zero-order valence-electron chi connectivity index (χ0n) is 11.5. The van der Waals surface area contributed by atoms with Crippen LogP contribution in [0, 0.1) is 17.8 Å². The molecule has 0 spiro atoms. The fourth-order valence-electron chi connectivity index (χ4n) is 2.03. The maximum atomic E-state index is 3.58.